The predicted molar refractivity (Wildman–Crippen MR) is 83.7 cm³/mol. The van der Waals surface area contributed by atoms with E-state index in [1.165, 1.54) is 5.56 Å². The molecule has 1 saturated carbocycles. The number of halogens is 2. The van der Waals surface area contributed by atoms with Crippen LogP contribution in [0.15, 0.2) is 24.3 Å². The van der Waals surface area contributed by atoms with E-state index < -0.39 is 15.7 Å². The third kappa shape index (κ3) is 2.70. The number of carbonyl (C=O) groups excluding carboxylic acids is 2. The quantitative estimate of drug-likeness (QED) is 0.627. The van der Waals surface area contributed by atoms with E-state index in [2.05, 4.69) is 6.07 Å². The molecule has 0 N–H and O–H groups in total. The standard InChI is InChI=1S/C16H17Cl2NO3/c1-15(10-16(15,17)18)14(21)22-9-13(20)19-7-6-11-4-2-3-5-12(11)8-19/h2-5H,6-10H2,1H3/t15-/m0/s1. The molecule has 1 atom stereocenters. The Morgan fingerprint density at radius 1 is 1.27 bits per heavy atom. The Kier molecular flexibility index (Phi) is 3.86. The van der Waals surface area contributed by atoms with E-state index in [9.17, 15) is 9.59 Å². The molecule has 1 fully saturated rings. The Bertz CT molecular complexity index is 632. The summed E-state index contributed by atoms with van der Waals surface area (Å²) in [5.41, 5.74) is 1.51. The number of benzene rings is 1. The highest BCUT2D eigenvalue weighted by Crippen LogP contribution is 2.64. The van der Waals surface area contributed by atoms with Crippen molar-refractivity contribution in [3.8, 4) is 0 Å². The first kappa shape index (κ1) is 15.6. The topological polar surface area (TPSA) is 46.6 Å². The van der Waals surface area contributed by atoms with Crippen molar-refractivity contribution in [1.82, 2.24) is 4.90 Å². The molecule has 118 valence electrons. The van der Waals surface area contributed by atoms with Crippen molar-refractivity contribution >= 4 is 35.1 Å². The monoisotopic (exact) mass is 341 g/mol. The van der Waals surface area contributed by atoms with Crippen LogP contribution >= 0.6 is 23.2 Å². The van der Waals surface area contributed by atoms with Crippen LogP contribution in [0.1, 0.15) is 24.5 Å². The molecule has 2 aliphatic rings. The van der Waals surface area contributed by atoms with Crippen LogP contribution in [0.2, 0.25) is 0 Å². The fourth-order valence-corrected chi connectivity index (χ4v) is 3.40. The number of carbonyl (C=O) groups is 2. The molecular weight excluding hydrogens is 325 g/mol. The fourth-order valence-electron chi connectivity index (χ4n) is 2.71. The second-order valence-electron chi connectivity index (χ2n) is 6.12. The van der Waals surface area contributed by atoms with Gasteiger partial charge >= 0.3 is 5.97 Å². The zero-order valence-corrected chi connectivity index (χ0v) is 13.8. The third-order valence-corrected chi connectivity index (χ3v) is 5.62. The van der Waals surface area contributed by atoms with Crippen molar-refractivity contribution < 1.29 is 14.3 Å². The number of hydrogen-bond acceptors (Lipinski definition) is 3. The first-order valence-corrected chi connectivity index (χ1v) is 7.99. The van der Waals surface area contributed by atoms with Crippen LogP contribution < -0.4 is 0 Å². The minimum absolute atomic E-state index is 0.193. The average Bonchev–Trinajstić information content (AvgIpc) is 3.03. The summed E-state index contributed by atoms with van der Waals surface area (Å²) in [5.74, 6) is -0.704. The number of nitrogens with zero attached hydrogens (tertiary/aromatic N) is 1. The van der Waals surface area contributed by atoms with Crippen LogP contribution in [0, 0.1) is 5.41 Å². The van der Waals surface area contributed by atoms with E-state index in [0.29, 0.717) is 19.5 Å². The zero-order valence-electron chi connectivity index (χ0n) is 12.3. The molecule has 0 radical (unpaired) electrons. The summed E-state index contributed by atoms with van der Waals surface area (Å²) in [6.45, 7) is 2.58. The molecule has 1 aromatic rings. The maximum absolute atomic E-state index is 12.2. The molecule has 22 heavy (non-hydrogen) atoms. The fraction of sp³-hybridized carbons (Fsp3) is 0.500. The lowest BCUT2D eigenvalue weighted by molar-refractivity contribution is -0.156. The first-order valence-electron chi connectivity index (χ1n) is 7.23. The van der Waals surface area contributed by atoms with Crippen LogP contribution in [0.25, 0.3) is 0 Å². The van der Waals surface area contributed by atoms with Gasteiger partial charge in [0, 0.05) is 19.5 Å². The van der Waals surface area contributed by atoms with Gasteiger partial charge < -0.3 is 9.64 Å². The van der Waals surface area contributed by atoms with Crippen molar-refractivity contribution in [2.75, 3.05) is 13.2 Å². The van der Waals surface area contributed by atoms with E-state index in [-0.39, 0.29) is 12.5 Å². The lowest BCUT2D eigenvalue weighted by Crippen LogP contribution is -2.39. The van der Waals surface area contributed by atoms with Crippen LogP contribution in [0.4, 0.5) is 0 Å². The second-order valence-corrected chi connectivity index (χ2v) is 7.61. The minimum Gasteiger partial charge on any atom is -0.455 e. The van der Waals surface area contributed by atoms with Crippen LogP contribution in [-0.4, -0.2) is 34.3 Å². The van der Waals surface area contributed by atoms with Crippen LogP contribution in [0.3, 0.4) is 0 Å². The highest BCUT2D eigenvalue weighted by molar-refractivity contribution is 6.53. The van der Waals surface area contributed by atoms with Gasteiger partial charge in [0.1, 0.15) is 9.75 Å². The van der Waals surface area contributed by atoms with E-state index in [0.717, 1.165) is 12.0 Å². The van der Waals surface area contributed by atoms with Gasteiger partial charge in [0.25, 0.3) is 5.91 Å². The van der Waals surface area contributed by atoms with E-state index in [1.54, 1.807) is 11.8 Å². The minimum atomic E-state index is -1.07. The Morgan fingerprint density at radius 2 is 1.91 bits per heavy atom. The number of rotatable bonds is 3. The van der Waals surface area contributed by atoms with E-state index in [1.807, 2.05) is 18.2 Å². The summed E-state index contributed by atoms with van der Waals surface area (Å²) in [4.78, 5) is 25.9. The molecule has 1 aliphatic heterocycles. The molecule has 1 heterocycles. The van der Waals surface area contributed by atoms with Crippen LogP contribution in [-0.2, 0) is 27.3 Å². The molecule has 1 amide bonds. The smallest absolute Gasteiger partial charge is 0.315 e. The highest BCUT2D eigenvalue weighted by atomic mass is 35.5. The van der Waals surface area contributed by atoms with Crippen molar-refractivity contribution in [2.45, 2.75) is 30.6 Å². The lowest BCUT2D eigenvalue weighted by atomic mass is 10.00. The Labute approximate surface area is 139 Å². The zero-order chi connectivity index (χ0) is 16.0. The molecule has 0 aromatic heterocycles. The Morgan fingerprint density at radius 3 is 2.55 bits per heavy atom. The van der Waals surface area contributed by atoms with Crippen molar-refractivity contribution in [2.24, 2.45) is 5.41 Å². The molecule has 0 spiro atoms. The lowest BCUT2D eigenvalue weighted by Gasteiger charge is -2.28. The molecule has 0 bridgehead atoms. The number of hydrogen-bond donors (Lipinski definition) is 0. The Hall–Kier alpha value is -1.26. The number of alkyl halides is 2. The first-order chi connectivity index (χ1) is 10.3. The van der Waals surface area contributed by atoms with E-state index >= 15 is 0 Å². The van der Waals surface area contributed by atoms with Gasteiger partial charge in [0.15, 0.2) is 6.61 Å². The van der Waals surface area contributed by atoms with Gasteiger partial charge in [0.05, 0.1) is 0 Å². The summed E-state index contributed by atoms with van der Waals surface area (Å²) >= 11 is 11.9. The number of ether oxygens (including phenoxy) is 1. The van der Waals surface area contributed by atoms with Gasteiger partial charge in [-0.3, -0.25) is 9.59 Å². The molecule has 0 unspecified atom stereocenters. The summed E-state index contributed by atoms with van der Waals surface area (Å²) in [6.07, 6.45) is 1.17. The number of fused-ring (bicyclic) bond motifs is 1. The maximum atomic E-state index is 12.2. The molecule has 6 heteroatoms. The number of esters is 1. The summed E-state index contributed by atoms with van der Waals surface area (Å²) in [7, 11) is 0. The molecule has 1 aliphatic carbocycles. The summed E-state index contributed by atoms with van der Waals surface area (Å²) in [5, 5.41) is 0. The highest BCUT2D eigenvalue weighted by Gasteiger charge is 2.69. The van der Waals surface area contributed by atoms with Gasteiger partial charge in [-0.05, 0) is 24.5 Å². The number of amides is 1. The second kappa shape index (κ2) is 5.43. The average molecular weight is 342 g/mol. The molecule has 4 nitrogen and oxygen atoms in total. The van der Waals surface area contributed by atoms with Gasteiger partial charge in [0.2, 0.25) is 0 Å². The largest absolute Gasteiger partial charge is 0.455 e. The molecule has 1 aromatic carbocycles. The summed E-state index contributed by atoms with van der Waals surface area (Å²) < 4.78 is 4.04. The summed E-state index contributed by atoms with van der Waals surface area (Å²) in [6, 6.07) is 8.05. The van der Waals surface area contributed by atoms with Crippen LogP contribution in [0.5, 0.6) is 0 Å². The third-order valence-electron chi connectivity index (χ3n) is 4.52. The van der Waals surface area contributed by atoms with Crippen molar-refractivity contribution in [3.05, 3.63) is 35.4 Å². The molecular formula is C16H17Cl2NO3. The van der Waals surface area contributed by atoms with Gasteiger partial charge in [-0.25, -0.2) is 0 Å². The van der Waals surface area contributed by atoms with Crippen molar-refractivity contribution in [1.29, 1.82) is 0 Å². The Balaban J connectivity index is 1.55. The van der Waals surface area contributed by atoms with Gasteiger partial charge in [-0.2, -0.15) is 0 Å². The molecule has 3 rings (SSSR count). The van der Waals surface area contributed by atoms with E-state index in [4.69, 9.17) is 27.9 Å². The maximum Gasteiger partial charge on any atom is 0.315 e. The predicted octanol–water partition coefficient (Wildman–Crippen LogP) is 2.70. The normalized spacial score (nSPS) is 25.3. The van der Waals surface area contributed by atoms with Gasteiger partial charge in [-0.15, -0.1) is 23.2 Å². The van der Waals surface area contributed by atoms with Crippen molar-refractivity contribution in [3.63, 3.8) is 0 Å². The van der Waals surface area contributed by atoms with Gasteiger partial charge in [-0.1, -0.05) is 24.3 Å². The SMILES string of the molecule is C[C@@]1(C(=O)OCC(=O)N2CCc3ccccc3C2)CC1(Cl)Cl. The molecule has 0 saturated heterocycles.